The Morgan fingerprint density at radius 2 is 0.507 bits per heavy atom. The fourth-order valence-electron chi connectivity index (χ4n) is 8.53. The predicted octanol–water partition coefficient (Wildman–Crippen LogP) is 20.5. The van der Waals surface area contributed by atoms with Crippen molar-refractivity contribution in [2.24, 2.45) is 0 Å². The van der Waals surface area contributed by atoms with Crippen molar-refractivity contribution in [1.82, 2.24) is 0 Å². The fourth-order valence-corrected chi connectivity index (χ4v) is 8.53. The molecular formula is C65H114O6. The Morgan fingerprint density at radius 1 is 0.282 bits per heavy atom. The number of hydrogen-bond acceptors (Lipinski definition) is 6. The van der Waals surface area contributed by atoms with Gasteiger partial charge in [0.05, 0.1) is 0 Å². The summed E-state index contributed by atoms with van der Waals surface area (Å²) < 4.78 is 16.9. The van der Waals surface area contributed by atoms with Crippen LogP contribution < -0.4 is 0 Å². The van der Waals surface area contributed by atoms with Crippen LogP contribution in [0.3, 0.4) is 0 Å². The maximum Gasteiger partial charge on any atom is 0.306 e. The van der Waals surface area contributed by atoms with E-state index in [-0.39, 0.29) is 31.1 Å². The molecule has 0 spiro atoms. The predicted molar refractivity (Wildman–Crippen MR) is 307 cm³/mol. The van der Waals surface area contributed by atoms with Crippen molar-refractivity contribution in [2.45, 2.75) is 309 Å². The average Bonchev–Trinajstić information content (AvgIpc) is 3.37. The van der Waals surface area contributed by atoms with E-state index < -0.39 is 6.10 Å². The van der Waals surface area contributed by atoms with E-state index in [0.29, 0.717) is 19.3 Å². The third-order valence-electron chi connectivity index (χ3n) is 13.2. The lowest BCUT2D eigenvalue weighted by Gasteiger charge is -2.18. The van der Waals surface area contributed by atoms with Gasteiger partial charge in [-0.2, -0.15) is 0 Å². The monoisotopic (exact) mass is 991 g/mol. The van der Waals surface area contributed by atoms with Gasteiger partial charge in [0.2, 0.25) is 0 Å². The Kier molecular flexibility index (Phi) is 56.8. The maximum atomic E-state index is 12.9. The van der Waals surface area contributed by atoms with Gasteiger partial charge < -0.3 is 14.2 Å². The van der Waals surface area contributed by atoms with Crippen molar-refractivity contribution < 1.29 is 28.6 Å². The van der Waals surface area contributed by atoms with Crippen molar-refractivity contribution in [3.8, 4) is 0 Å². The number of esters is 3. The molecule has 71 heavy (non-hydrogen) atoms. The van der Waals surface area contributed by atoms with Crippen LogP contribution in [0.25, 0.3) is 0 Å². The van der Waals surface area contributed by atoms with Crippen LogP contribution in [0, 0.1) is 0 Å². The molecule has 0 aliphatic rings. The fraction of sp³-hybridized carbons (Fsp3) is 0.769. The lowest BCUT2D eigenvalue weighted by molar-refractivity contribution is -0.167. The lowest BCUT2D eigenvalue weighted by atomic mass is 10.0. The summed E-state index contributed by atoms with van der Waals surface area (Å²) in [7, 11) is 0. The van der Waals surface area contributed by atoms with Gasteiger partial charge in [-0.3, -0.25) is 14.4 Å². The molecule has 0 radical (unpaired) electrons. The van der Waals surface area contributed by atoms with Gasteiger partial charge in [0, 0.05) is 19.3 Å². The van der Waals surface area contributed by atoms with E-state index >= 15 is 0 Å². The summed E-state index contributed by atoms with van der Waals surface area (Å²) >= 11 is 0. The number of unbranched alkanes of at least 4 members (excludes halogenated alkanes) is 32. The Bertz CT molecular complexity index is 1320. The maximum absolute atomic E-state index is 12.9. The van der Waals surface area contributed by atoms with Crippen LogP contribution in [0.1, 0.15) is 303 Å². The average molecular weight is 992 g/mol. The summed E-state index contributed by atoms with van der Waals surface area (Å²) in [6.45, 7) is 6.58. The van der Waals surface area contributed by atoms with E-state index in [0.717, 1.165) is 109 Å². The van der Waals surface area contributed by atoms with Crippen molar-refractivity contribution in [3.63, 3.8) is 0 Å². The van der Waals surface area contributed by atoms with Gasteiger partial charge in [-0.05, 0) is 116 Å². The van der Waals surface area contributed by atoms with E-state index in [2.05, 4.69) is 93.7 Å². The molecule has 0 heterocycles. The van der Waals surface area contributed by atoms with E-state index in [1.54, 1.807) is 0 Å². The third-order valence-corrected chi connectivity index (χ3v) is 13.2. The van der Waals surface area contributed by atoms with Gasteiger partial charge in [-0.1, -0.05) is 241 Å². The molecule has 0 rings (SSSR count). The number of ether oxygens (including phenoxy) is 3. The molecule has 0 bridgehead atoms. The second kappa shape index (κ2) is 59.4. The first-order chi connectivity index (χ1) is 35.0. The molecule has 0 aliphatic carbocycles. The summed E-state index contributed by atoms with van der Waals surface area (Å²) in [6.07, 6.45) is 76.1. The normalized spacial score (nSPS) is 12.5. The summed E-state index contributed by atoms with van der Waals surface area (Å²) in [6, 6.07) is 0. The molecule has 6 nitrogen and oxygen atoms in total. The van der Waals surface area contributed by atoms with Gasteiger partial charge in [0.25, 0.3) is 0 Å². The number of rotatable bonds is 55. The zero-order valence-corrected chi connectivity index (χ0v) is 47.0. The van der Waals surface area contributed by atoms with Gasteiger partial charge in [0.15, 0.2) is 6.10 Å². The molecule has 0 N–H and O–H groups in total. The van der Waals surface area contributed by atoms with Crippen molar-refractivity contribution in [1.29, 1.82) is 0 Å². The quantitative estimate of drug-likeness (QED) is 0.0261. The molecule has 0 unspecified atom stereocenters. The Labute approximate surface area is 440 Å². The van der Waals surface area contributed by atoms with Gasteiger partial charge >= 0.3 is 17.9 Å². The first-order valence-electron chi connectivity index (χ1n) is 30.4. The second-order valence-electron chi connectivity index (χ2n) is 20.2. The SMILES string of the molecule is CCCCC/C=C\C/C=C\C/C=C\CCCCCCC(=O)OC[C@H](COC(=O)CCCCCCCCCCCCC/C=C\CCCCCCCC)OC(=O)CCCCCCC/C=C\C/C=C\CCCCC. The van der Waals surface area contributed by atoms with E-state index in [4.69, 9.17) is 14.2 Å². The highest BCUT2D eigenvalue weighted by molar-refractivity contribution is 5.71. The molecule has 0 amide bonds. The Balaban J connectivity index is 4.39. The van der Waals surface area contributed by atoms with Gasteiger partial charge in [-0.15, -0.1) is 0 Å². The molecule has 0 aromatic rings. The zero-order valence-electron chi connectivity index (χ0n) is 47.0. The summed E-state index contributed by atoms with van der Waals surface area (Å²) in [4.78, 5) is 38.2. The van der Waals surface area contributed by atoms with E-state index in [1.165, 1.54) is 154 Å². The number of carbonyl (C=O) groups is 3. The van der Waals surface area contributed by atoms with Gasteiger partial charge in [0.1, 0.15) is 13.2 Å². The minimum Gasteiger partial charge on any atom is -0.462 e. The smallest absolute Gasteiger partial charge is 0.306 e. The molecule has 6 heteroatoms. The van der Waals surface area contributed by atoms with Crippen LogP contribution in [0.4, 0.5) is 0 Å². The van der Waals surface area contributed by atoms with Crippen LogP contribution in [0.2, 0.25) is 0 Å². The highest BCUT2D eigenvalue weighted by Gasteiger charge is 2.19. The third kappa shape index (κ3) is 57.6. The van der Waals surface area contributed by atoms with Crippen LogP contribution in [-0.4, -0.2) is 37.2 Å². The minimum atomic E-state index is -0.793. The number of hydrogen-bond donors (Lipinski definition) is 0. The molecule has 0 aromatic carbocycles. The standard InChI is InChI=1S/C65H114O6/c1-4-7-10-13-16-19-22-25-28-30-31-32-33-35-38-40-43-46-49-52-55-58-64(67)70-61-62(71-65(68)59-56-53-50-47-44-41-36-27-24-21-18-15-12-9-6-3)60-69-63(66)57-54-51-48-45-42-39-37-34-29-26-23-20-17-14-11-8-5-2/h17-18,20-21,25-29,36-37,39,62H,4-16,19,22-24,30-35,38,40-61H2,1-3H3/b20-17-,21-18-,28-25-,29-26-,36-27-,39-37-/t62-/m1/s1. The molecule has 0 saturated carbocycles. The van der Waals surface area contributed by atoms with Crippen LogP contribution >= 0.6 is 0 Å². The first-order valence-corrected chi connectivity index (χ1v) is 30.4. The van der Waals surface area contributed by atoms with Crippen molar-refractivity contribution >= 4 is 17.9 Å². The highest BCUT2D eigenvalue weighted by Crippen LogP contribution is 2.15. The molecule has 0 saturated heterocycles. The summed E-state index contributed by atoms with van der Waals surface area (Å²) in [5.74, 6) is -0.914. The molecule has 410 valence electrons. The minimum absolute atomic E-state index is 0.0878. The Hall–Kier alpha value is -3.15. The van der Waals surface area contributed by atoms with E-state index in [1.807, 2.05) is 0 Å². The molecule has 0 aliphatic heterocycles. The Morgan fingerprint density at radius 3 is 0.831 bits per heavy atom. The molecule has 1 atom stereocenters. The molecule has 0 aromatic heterocycles. The molecule has 0 fully saturated rings. The summed E-state index contributed by atoms with van der Waals surface area (Å²) in [5, 5.41) is 0. The van der Waals surface area contributed by atoms with Gasteiger partial charge in [-0.25, -0.2) is 0 Å². The summed E-state index contributed by atoms with van der Waals surface area (Å²) in [5.41, 5.74) is 0. The second-order valence-corrected chi connectivity index (χ2v) is 20.2. The molecular weight excluding hydrogens is 877 g/mol. The van der Waals surface area contributed by atoms with Crippen LogP contribution in [0.15, 0.2) is 72.9 Å². The highest BCUT2D eigenvalue weighted by atomic mass is 16.6. The van der Waals surface area contributed by atoms with E-state index in [9.17, 15) is 14.4 Å². The number of allylic oxidation sites excluding steroid dienone is 12. The van der Waals surface area contributed by atoms with Crippen molar-refractivity contribution in [2.75, 3.05) is 13.2 Å². The largest absolute Gasteiger partial charge is 0.462 e. The van der Waals surface area contributed by atoms with Crippen LogP contribution in [-0.2, 0) is 28.6 Å². The van der Waals surface area contributed by atoms with Crippen LogP contribution in [0.5, 0.6) is 0 Å². The first kappa shape index (κ1) is 67.8. The number of carbonyl (C=O) groups excluding carboxylic acids is 3. The zero-order chi connectivity index (χ0) is 51.4. The van der Waals surface area contributed by atoms with Crippen molar-refractivity contribution in [3.05, 3.63) is 72.9 Å². The topological polar surface area (TPSA) is 78.9 Å². The lowest BCUT2D eigenvalue weighted by Crippen LogP contribution is -2.30.